The number of hydrogen-bond acceptors (Lipinski definition) is 3. The molecule has 9 heteroatoms. The molecule has 0 bridgehead atoms. The zero-order chi connectivity index (χ0) is 16.8. The highest BCUT2D eigenvalue weighted by molar-refractivity contribution is 14.0. The van der Waals surface area contributed by atoms with Crippen molar-refractivity contribution < 1.29 is 8.42 Å². The van der Waals surface area contributed by atoms with Crippen LogP contribution in [0.15, 0.2) is 29.3 Å². The Balaban J connectivity index is 0.00000484. The van der Waals surface area contributed by atoms with Crippen LogP contribution in [0.4, 0.5) is 0 Å². The van der Waals surface area contributed by atoms with Crippen LogP contribution in [0.3, 0.4) is 0 Å². The fourth-order valence-corrected chi connectivity index (χ4v) is 3.18. The number of hydrogen-bond donors (Lipinski definition) is 3. The lowest BCUT2D eigenvalue weighted by molar-refractivity contribution is 0.446. The summed E-state index contributed by atoms with van der Waals surface area (Å²) in [6.45, 7) is 4.56. The van der Waals surface area contributed by atoms with E-state index in [4.69, 9.17) is 11.6 Å². The van der Waals surface area contributed by atoms with Crippen LogP contribution in [0, 0.1) is 0 Å². The van der Waals surface area contributed by atoms with Crippen LogP contribution >= 0.6 is 35.6 Å². The minimum Gasteiger partial charge on any atom is -0.355 e. The van der Waals surface area contributed by atoms with Crippen molar-refractivity contribution in [2.45, 2.75) is 25.9 Å². The lowest BCUT2D eigenvalue weighted by Gasteiger charge is -2.26. The van der Waals surface area contributed by atoms with E-state index in [1.807, 2.05) is 24.3 Å². The molecule has 1 aromatic carbocycles. The third-order valence-corrected chi connectivity index (χ3v) is 3.89. The summed E-state index contributed by atoms with van der Waals surface area (Å²) in [6, 6.07) is 7.53. The van der Waals surface area contributed by atoms with Crippen molar-refractivity contribution in [1.29, 1.82) is 0 Å². The number of nitrogens with zero attached hydrogens (tertiary/aromatic N) is 1. The first-order valence-electron chi connectivity index (χ1n) is 6.79. The molecule has 0 aliphatic heterocycles. The highest BCUT2D eigenvalue weighted by atomic mass is 127. The third kappa shape index (κ3) is 10.0. The van der Waals surface area contributed by atoms with Crippen molar-refractivity contribution in [2.24, 2.45) is 4.99 Å². The minimum atomic E-state index is -3.26. The van der Waals surface area contributed by atoms with Crippen LogP contribution in [-0.4, -0.2) is 39.8 Å². The van der Waals surface area contributed by atoms with Gasteiger partial charge in [0.25, 0.3) is 0 Å². The molecule has 0 saturated carbocycles. The molecule has 132 valence electrons. The predicted octanol–water partition coefficient (Wildman–Crippen LogP) is 1.95. The van der Waals surface area contributed by atoms with E-state index < -0.39 is 15.6 Å². The maximum Gasteiger partial charge on any atom is 0.209 e. The van der Waals surface area contributed by atoms with E-state index >= 15 is 0 Å². The SMILES string of the molecule is CN=C(NCc1cccc(Cl)c1)NCC(C)(C)NS(C)(=O)=O.I. The van der Waals surface area contributed by atoms with Gasteiger partial charge in [-0.3, -0.25) is 4.99 Å². The van der Waals surface area contributed by atoms with Crippen LogP contribution in [0.2, 0.25) is 5.02 Å². The van der Waals surface area contributed by atoms with E-state index in [2.05, 4.69) is 20.3 Å². The Morgan fingerprint density at radius 2 is 1.96 bits per heavy atom. The van der Waals surface area contributed by atoms with Crippen molar-refractivity contribution in [3.05, 3.63) is 34.9 Å². The van der Waals surface area contributed by atoms with Crippen LogP contribution in [0.5, 0.6) is 0 Å². The second-order valence-corrected chi connectivity index (χ2v) is 7.85. The first-order valence-corrected chi connectivity index (χ1v) is 9.06. The lowest BCUT2D eigenvalue weighted by atomic mass is 10.1. The Hall–Kier alpha value is -0.580. The second-order valence-electron chi connectivity index (χ2n) is 5.67. The number of halogens is 2. The Morgan fingerprint density at radius 3 is 2.48 bits per heavy atom. The highest BCUT2D eigenvalue weighted by Crippen LogP contribution is 2.10. The van der Waals surface area contributed by atoms with Gasteiger partial charge in [-0.15, -0.1) is 24.0 Å². The fraction of sp³-hybridized carbons (Fsp3) is 0.500. The quantitative estimate of drug-likeness (QED) is 0.334. The molecule has 0 fully saturated rings. The van der Waals surface area contributed by atoms with Gasteiger partial charge in [0, 0.05) is 30.7 Å². The molecule has 0 saturated heterocycles. The molecule has 0 atom stereocenters. The number of guanidine groups is 1. The summed E-state index contributed by atoms with van der Waals surface area (Å²) >= 11 is 5.94. The summed E-state index contributed by atoms with van der Waals surface area (Å²) < 4.78 is 25.2. The third-order valence-electron chi connectivity index (χ3n) is 2.73. The predicted molar refractivity (Wildman–Crippen MR) is 107 cm³/mol. The molecule has 0 radical (unpaired) electrons. The molecule has 0 unspecified atom stereocenters. The lowest BCUT2D eigenvalue weighted by Crippen LogP contribution is -2.52. The van der Waals surface area contributed by atoms with E-state index in [1.165, 1.54) is 0 Å². The minimum absolute atomic E-state index is 0. The van der Waals surface area contributed by atoms with E-state index in [0.717, 1.165) is 11.8 Å². The highest BCUT2D eigenvalue weighted by Gasteiger charge is 2.22. The summed E-state index contributed by atoms with van der Waals surface area (Å²) in [5.41, 5.74) is 0.408. The molecule has 1 aromatic rings. The largest absolute Gasteiger partial charge is 0.355 e. The van der Waals surface area contributed by atoms with Crippen molar-refractivity contribution in [3.8, 4) is 0 Å². The molecular weight excluding hydrogens is 451 g/mol. The maximum absolute atomic E-state index is 11.3. The molecule has 0 heterocycles. The van der Waals surface area contributed by atoms with Crippen molar-refractivity contribution in [1.82, 2.24) is 15.4 Å². The van der Waals surface area contributed by atoms with E-state index in [0.29, 0.717) is 24.1 Å². The summed E-state index contributed by atoms with van der Waals surface area (Å²) in [6.07, 6.45) is 1.14. The first kappa shape index (κ1) is 22.4. The summed E-state index contributed by atoms with van der Waals surface area (Å²) in [7, 11) is -1.60. The Morgan fingerprint density at radius 1 is 1.30 bits per heavy atom. The Labute approximate surface area is 160 Å². The zero-order valence-corrected chi connectivity index (χ0v) is 17.6. The van der Waals surface area contributed by atoms with Crippen LogP contribution in [0.1, 0.15) is 19.4 Å². The monoisotopic (exact) mass is 474 g/mol. The van der Waals surface area contributed by atoms with E-state index in [9.17, 15) is 8.42 Å². The van der Waals surface area contributed by atoms with Gasteiger partial charge >= 0.3 is 0 Å². The van der Waals surface area contributed by atoms with E-state index in [-0.39, 0.29) is 24.0 Å². The normalized spacial score (nSPS) is 12.5. The smallest absolute Gasteiger partial charge is 0.209 e. The zero-order valence-electron chi connectivity index (χ0n) is 13.7. The molecule has 1 rings (SSSR count). The molecule has 0 amide bonds. The van der Waals surface area contributed by atoms with Crippen LogP contribution in [-0.2, 0) is 16.6 Å². The van der Waals surface area contributed by atoms with Gasteiger partial charge in [0.2, 0.25) is 10.0 Å². The molecule has 0 aliphatic rings. The number of aliphatic imine (C=N–C) groups is 1. The van der Waals surface area contributed by atoms with Gasteiger partial charge < -0.3 is 10.6 Å². The van der Waals surface area contributed by atoms with Crippen molar-refractivity contribution in [2.75, 3.05) is 19.8 Å². The van der Waals surface area contributed by atoms with Gasteiger partial charge in [-0.1, -0.05) is 23.7 Å². The van der Waals surface area contributed by atoms with Crippen molar-refractivity contribution in [3.63, 3.8) is 0 Å². The fourth-order valence-electron chi connectivity index (χ4n) is 1.90. The number of nitrogens with one attached hydrogen (secondary N) is 3. The number of rotatable bonds is 6. The molecule has 0 spiro atoms. The molecule has 23 heavy (non-hydrogen) atoms. The van der Waals surface area contributed by atoms with Crippen LogP contribution < -0.4 is 15.4 Å². The van der Waals surface area contributed by atoms with Gasteiger partial charge in [-0.25, -0.2) is 13.1 Å². The molecule has 0 aliphatic carbocycles. The Kier molecular flexibility index (Phi) is 9.41. The number of sulfonamides is 1. The Bertz CT molecular complexity index is 635. The van der Waals surface area contributed by atoms with Gasteiger partial charge in [-0.05, 0) is 31.5 Å². The van der Waals surface area contributed by atoms with Gasteiger partial charge in [0.15, 0.2) is 5.96 Å². The molecule has 6 nitrogen and oxygen atoms in total. The average molecular weight is 475 g/mol. The topological polar surface area (TPSA) is 82.6 Å². The number of benzene rings is 1. The summed E-state index contributed by atoms with van der Waals surface area (Å²) in [5, 5.41) is 6.93. The van der Waals surface area contributed by atoms with E-state index in [1.54, 1.807) is 20.9 Å². The van der Waals surface area contributed by atoms with Crippen molar-refractivity contribution >= 4 is 51.6 Å². The molecule has 3 N–H and O–H groups in total. The first-order chi connectivity index (χ1) is 10.1. The molecular formula is C14H24ClIN4O2S. The van der Waals surface area contributed by atoms with Gasteiger partial charge in [0.05, 0.1) is 6.26 Å². The second kappa shape index (κ2) is 9.65. The molecule has 0 aromatic heterocycles. The summed E-state index contributed by atoms with van der Waals surface area (Å²) in [5.74, 6) is 0.586. The van der Waals surface area contributed by atoms with Crippen LogP contribution in [0.25, 0.3) is 0 Å². The summed E-state index contributed by atoms with van der Waals surface area (Å²) in [4.78, 5) is 4.11. The maximum atomic E-state index is 11.3. The van der Waals surface area contributed by atoms with Gasteiger partial charge in [-0.2, -0.15) is 0 Å². The average Bonchev–Trinajstić information content (AvgIpc) is 2.36. The van der Waals surface area contributed by atoms with Gasteiger partial charge in [0.1, 0.15) is 0 Å². The standard InChI is InChI=1S/C14H23ClN4O2S.HI/c1-14(2,19-22(4,20)21)10-18-13(16-3)17-9-11-6-5-7-12(15)8-11;/h5-8,19H,9-10H2,1-4H3,(H2,16,17,18);1H.